The molecule has 6 heteroatoms. The van der Waals surface area contributed by atoms with Crippen molar-refractivity contribution in [1.82, 2.24) is 10.2 Å². The summed E-state index contributed by atoms with van der Waals surface area (Å²) in [7, 11) is 0. The molecule has 2 aliphatic rings. The van der Waals surface area contributed by atoms with Crippen molar-refractivity contribution in [1.29, 1.82) is 0 Å². The molecule has 4 N–H and O–H groups in total. The highest BCUT2D eigenvalue weighted by Crippen LogP contribution is 2.26. The summed E-state index contributed by atoms with van der Waals surface area (Å²) in [5.41, 5.74) is 4.00. The number of nitrogens with one attached hydrogen (secondary N) is 2. The van der Waals surface area contributed by atoms with Gasteiger partial charge in [-0.05, 0) is 43.0 Å². The first-order valence-electron chi connectivity index (χ1n) is 7.32. The number of fused-ring (bicyclic) bond motifs is 1. The van der Waals surface area contributed by atoms with Gasteiger partial charge in [0.15, 0.2) is 0 Å². The lowest BCUT2D eigenvalue weighted by Crippen LogP contribution is -2.55. The summed E-state index contributed by atoms with van der Waals surface area (Å²) in [5, 5.41) is 3.03. The van der Waals surface area contributed by atoms with Gasteiger partial charge in [0, 0.05) is 36.8 Å². The predicted octanol–water partition coefficient (Wildman–Crippen LogP) is 0.713. The molecule has 2 atom stereocenters. The number of likely N-dealkylation sites (tertiary alicyclic amines) is 1. The molecular weight excluding hydrogens is 268 g/mol. The van der Waals surface area contributed by atoms with Gasteiger partial charge in [-0.3, -0.25) is 15.4 Å². The Hall–Kier alpha value is -2.08. The van der Waals surface area contributed by atoms with Crippen molar-refractivity contribution >= 4 is 17.5 Å². The predicted molar refractivity (Wildman–Crippen MR) is 79.4 cm³/mol. The quantitative estimate of drug-likeness (QED) is 0.552. The molecule has 2 saturated heterocycles. The number of nitrogens with zero attached hydrogens (tertiary/aromatic N) is 1. The standard InChI is InChI=1S/C15H20N4O2/c16-18-12-4-1-10(2-5-12)15(21)19-8-7-13-11(9-19)3-6-14(20)17-13/h1-2,4-5,11,13,18H,3,6-9,16H2,(H,17,20). The molecule has 0 aliphatic carbocycles. The fourth-order valence-corrected chi connectivity index (χ4v) is 3.19. The highest BCUT2D eigenvalue weighted by atomic mass is 16.2. The number of hydrogen-bond donors (Lipinski definition) is 3. The Bertz CT molecular complexity index is 543. The molecule has 2 amide bonds. The van der Waals surface area contributed by atoms with Crippen LogP contribution in [0.25, 0.3) is 0 Å². The summed E-state index contributed by atoms with van der Waals surface area (Å²) >= 11 is 0. The molecule has 1 aromatic carbocycles. The van der Waals surface area contributed by atoms with Crippen LogP contribution in [-0.2, 0) is 4.79 Å². The van der Waals surface area contributed by atoms with Crippen LogP contribution in [0.5, 0.6) is 0 Å². The molecule has 21 heavy (non-hydrogen) atoms. The fraction of sp³-hybridized carbons (Fsp3) is 0.467. The number of carbonyl (C=O) groups is 2. The molecule has 2 unspecified atom stereocenters. The Morgan fingerprint density at radius 3 is 2.76 bits per heavy atom. The van der Waals surface area contributed by atoms with Crippen LogP contribution in [0.3, 0.4) is 0 Å². The second-order valence-corrected chi connectivity index (χ2v) is 5.73. The van der Waals surface area contributed by atoms with Gasteiger partial charge in [-0.2, -0.15) is 0 Å². The number of amides is 2. The van der Waals surface area contributed by atoms with Gasteiger partial charge < -0.3 is 15.6 Å². The maximum absolute atomic E-state index is 12.5. The Morgan fingerprint density at radius 1 is 1.29 bits per heavy atom. The first kappa shape index (κ1) is 13.9. The number of carbonyl (C=O) groups excluding carboxylic acids is 2. The molecule has 112 valence electrons. The van der Waals surface area contributed by atoms with Crippen LogP contribution in [0.15, 0.2) is 24.3 Å². The topological polar surface area (TPSA) is 87.5 Å². The van der Waals surface area contributed by atoms with Gasteiger partial charge in [0.25, 0.3) is 5.91 Å². The highest BCUT2D eigenvalue weighted by molar-refractivity contribution is 5.94. The molecule has 0 radical (unpaired) electrons. The normalized spacial score (nSPS) is 25.0. The summed E-state index contributed by atoms with van der Waals surface area (Å²) in [6.07, 6.45) is 2.28. The molecule has 2 aliphatic heterocycles. The highest BCUT2D eigenvalue weighted by Gasteiger charge is 2.35. The molecule has 3 rings (SSSR count). The molecule has 0 spiro atoms. The van der Waals surface area contributed by atoms with Gasteiger partial charge in [-0.15, -0.1) is 0 Å². The minimum absolute atomic E-state index is 0.0499. The summed E-state index contributed by atoms with van der Waals surface area (Å²) in [6.45, 7) is 1.41. The van der Waals surface area contributed by atoms with E-state index >= 15 is 0 Å². The smallest absolute Gasteiger partial charge is 0.253 e. The minimum Gasteiger partial charge on any atom is -0.353 e. The summed E-state index contributed by atoms with van der Waals surface area (Å²) in [6, 6.07) is 7.39. The molecule has 6 nitrogen and oxygen atoms in total. The van der Waals surface area contributed by atoms with Gasteiger partial charge >= 0.3 is 0 Å². The maximum atomic E-state index is 12.5. The molecule has 2 fully saturated rings. The maximum Gasteiger partial charge on any atom is 0.253 e. The zero-order chi connectivity index (χ0) is 14.8. The van der Waals surface area contributed by atoms with Crippen molar-refractivity contribution < 1.29 is 9.59 Å². The average Bonchev–Trinajstić information content (AvgIpc) is 2.53. The van der Waals surface area contributed by atoms with Crippen molar-refractivity contribution in [3.05, 3.63) is 29.8 Å². The van der Waals surface area contributed by atoms with Crippen LogP contribution in [0.1, 0.15) is 29.6 Å². The summed E-state index contributed by atoms with van der Waals surface area (Å²) in [5.74, 6) is 5.89. The number of hydrogen-bond acceptors (Lipinski definition) is 4. The lowest BCUT2D eigenvalue weighted by atomic mass is 9.85. The van der Waals surface area contributed by atoms with Crippen molar-refractivity contribution in [2.75, 3.05) is 18.5 Å². The SMILES string of the molecule is NNc1ccc(C(=O)N2CCC3NC(=O)CCC3C2)cc1. The van der Waals surface area contributed by atoms with Crippen LogP contribution in [0.4, 0.5) is 5.69 Å². The van der Waals surface area contributed by atoms with Crippen molar-refractivity contribution in [2.24, 2.45) is 11.8 Å². The molecule has 0 saturated carbocycles. The summed E-state index contributed by atoms with van der Waals surface area (Å²) < 4.78 is 0. The van der Waals surface area contributed by atoms with Gasteiger partial charge in [-0.25, -0.2) is 0 Å². The van der Waals surface area contributed by atoms with Gasteiger partial charge in [0.05, 0.1) is 0 Å². The number of benzene rings is 1. The van der Waals surface area contributed by atoms with E-state index in [0.29, 0.717) is 24.4 Å². The molecule has 0 bridgehead atoms. The van der Waals surface area contributed by atoms with E-state index in [2.05, 4.69) is 10.7 Å². The van der Waals surface area contributed by atoms with Crippen LogP contribution in [0.2, 0.25) is 0 Å². The lowest BCUT2D eigenvalue weighted by molar-refractivity contribution is -0.125. The fourth-order valence-electron chi connectivity index (χ4n) is 3.19. The van der Waals surface area contributed by atoms with E-state index < -0.39 is 0 Å². The van der Waals surface area contributed by atoms with E-state index in [4.69, 9.17) is 5.84 Å². The van der Waals surface area contributed by atoms with E-state index in [1.165, 1.54) is 0 Å². The number of nitrogens with two attached hydrogens (primary N) is 1. The van der Waals surface area contributed by atoms with Crippen LogP contribution >= 0.6 is 0 Å². The van der Waals surface area contributed by atoms with E-state index in [9.17, 15) is 9.59 Å². The monoisotopic (exact) mass is 288 g/mol. The Kier molecular flexibility index (Phi) is 3.79. The van der Waals surface area contributed by atoms with Gasteiger partial charge in [-0.1, -0.05) is 0 Å². The molecule has 0 aromatic heterocycles. The van der Waals surface area contributed by atoms with E-state index in [0.717, 1.165) is 25.1 Å². The second kappa shape index (κ2) is 5.73. The third kappa shape index (κ3) is 2.85. The van der Waals surface area contributed by atoms with Gasteiger partial charge in [0.2, 0.25) is 5.91 Å². The molecule has 2 heterocycles. The number of rotatable bonds is 2. The van der Waals surface area contributed by atoms with Crippen LogP contribution < -0.4 is 16.6 Å². The van der Waals surface area contributed by atoms with E-state index in [-0.39, 0.29) is 17.9 Å². The van der Waals surface area contributed by atoms with Crippen molar-refractivity contribution in [3.63, 3.8) is 0 Å². The minimum atomic E-state index is 0.0499. The largest absolute Gasteiger partial charge is 0.353 e. The average molecular weight is 288 g/mol. The van der Waals surface area contributed by atoms with Crippen molar-refractivity contribution in [3.8, 4) is 0 Å². The number of piperidine rings is 2. The van der Waals surface area contributed by atoms with Crippen LogP contribution in [-0.4, -0.2) is 35.8 Å². The van der Waals surface area contributed by atoms with Crippen LogP contribution in [0, 0.1) is 5.92 Å². The zero-order valence-corrected chi connectivity index (χ0v) is 11.8. The molecular formula is C15H20N4O2. The first-order chi connectivity index (χ1) is 10.2. The van der Waals surface area contributed by atoms with E-state index in [1.807, 2.05) is 4.90 Å². The van der Waals surface area contributed by atoms with Crippen molar-refractivity contribution in [2.45, 2.75) is 25.3 Å². The summed E-state index contributed by atoms with van der Waals surface area (Å²) in [4.78, 5) is 25.8. The Balaban J connectivity index is 1.67. The Labute approximate surface area is 123 Å². The molecule has 1 aromatic rings. The van der Waals surface area contributed by atoms with Gasteiger partial charge in [0.1, 0.15) is 0 Å². The zero-order valence-electron chi connectivity index (χ0n) is 11.8. The first-order valence-corrected chi connectivity index (χ1v) is 7.32. The van der Waals surface area contributed by atoms with E-state index in [1.54, 1.807) is 24.3 Å². The third-order valence-electron chi connectivity index (χ3n) is 4.41. The lowest BCUT2D eigenvalue weighted by Gasteiger charge is -2.41. The third-order valence-corrected chi connectivity index (χ3v) is 4.41. The second-order valence-electron chi connectivity index (χ2n) is 5.73. The Morgan fingerprint density at radius 2 is 2.05 bits per heavy atom. The number of anilines is 1. The number of hydrazine groups is 1. The number of nitrogen functional groups attached to an aromatic ring is 1.